The van der Waals surface area contributed by atoms with Crippen LogP contribution in [0.5, 0.6) is 0 Å². The molecule has 1 unspecified atom stereocenters. The van der Waals surface area contributed by atoms with E-state index in [9.17, 15) is 4.79 Å². The van der Waals surface area contributed by atoms with Gasteiger partial charge in [-0.25, -0.2) is 0 Å². The SMILES string of the molecule is COC(=O)CCC1=CCC(c2ccccc2)S1. The van der Waals surface area contributed by atoms with Gasteiger partial charge in [0, 0.05) is 5.25 Å². The molecule has 3 heteroatoms. The van der Waals surface area contributed by atoms with Gasteiger partial charge in [-0.15, -0.1) is 11.8 Å². The van der Waals surface area contributed by atoms with Crippen LogP contribution in [-0.2, 0) is 9.53 Å². The molecule has 0 spiro atoms. The zero-order valence-corrected chi connectivity index (χ0v) is 10.7. The molecule has 0 aliphatic carbocycles. The Kier molecular flexibility index (Phi) is 4.26. The van der Waals surface area contributed by atoms with Crippen LogP contribution in [0.15, 0.2) is 41.3 Å². The molecule has 1 heterocycles. The van der Waals surface area contributed by atoms with Crippen LogP contribution in [0.25, 0.3) is 0 Å². The molecule has 1 aliphatic heterocycles. The summed E-state index contributed by atoms with van der Waals surface area (Å²) in [6.45, 7) is 0. The first-order valence-corrected chi connectivity index (χ1v) is 6.65. The monoisotopic (exact) mass is 248 g/mol. The lowest BCUT2D eigenvalue weighted by Gasteiger charge is -2.09. The Labute approximate surface area is 106 Å². The van der Waals surface area contributed by atoms with Crippen LogP contribution < -0.4 is 0 Å². The first-order chi connectivity index (χ1) is 8.29. The summed E-state index contributed by atoms with van der Waals surface area (Å²) in [5, 5.41) is 0.517. The molecule has 0 radical (unpaired) electrons. The maximum absolute atomic E-state index is 11.1. The fourth-order valence-electron chi connectivity index (χ4n) is 1.88. The Morgan fingerprint density at radius 3 is 2.88 bits per heavy atom. The van der Waals surface area contributed by atoms with E-state index in [0.717, 1.165) is 12.8 Å². The van der Waals surface area contributed by atoms with Crippen LogP contribution in [0.3, 0.4) is 0 Å². The molecular formula is C14H16O2S. The predicted molar refractivity (Wildman–Crippen MR) is 70.7 cm³/mol. The van der Waals surface area contributed by atoms with E-state index in [-0.39, 0.29) is 5.97 Å². The highest BCUT2D eigenvalue weighted by Gasteiger charge is 2.19. The van der Waals surface area contributed by atoms with Gasteiger partial charge in [-0.2, -0.15) is 0 Å². The average Bonchev–Trinajstić information content (AvgIpc) is 2.86. The standard InChI is InChI=1S/C14H16O2S/c1-16-14(15)10-8-12-7-9-13(17-12)11-5-3-2-4-6-11/h2-7,13H,8-10H2,1H3. The van der Waals surface area contributed by atoms with E-state index in [4.69, 9.17) is 0 Å². The fraction of sp³-hybridized carbons (Fsp3) is 0.357. The van der Waals surface area contributed by atoms with Gasteiger partial charge in [0.25, 0.3) is 0 Å². The molecule has 1 atom stereocenters. The maximum Gasteiger partial charge on any atom is 0.305 e. The van der Waals surface area contributed by atoms with Crippen LogP contribution in [0.4, 0.5) is 0 Å². The van der Waals surface area contributed by atoms with Crippen LogP contribution in [0.2, 0.25) is 0 Å². The minimum Gasteiger partial charge on any atom is -0.469 e. The summed E-state index contributed by atoms with van der Waals surface area (Å²) in [6.07, 6.45) is 4.59. The van der Waals surface area contributed by atoms with Crippen molar-refractivity contribution in [2.24, 2.45) is 0 Å². The number of methoxy groups -OCH3 is 1. The van der Waals surface area contributed by atoms with E-state index in [1.54, 1.807) is 0 Å². The normalized spacial score (nSPS) is 18.9. The second-order valence-electron chi connectivity index (χ2n) is 4.00. The fourth-order valence-corrected chi connectivity index (χ4v) is 3.14. The molecular weight excluding hydrogens is 232 g/mol. The summed E-state index contributed by atoms with van der Waals surface area (Å²) in [7, 11) is 1.44. The molecule has 2 nitrogen and oxygen atoms in total. The highest BCUT2D eigenvalue weighted by molar-refractivity contribution is 8.03. The second kappa shape index (κ2) is 5.92. The Hall–Kier alpha value is -1.22. The lowest BCUT2D eigenvalue weighted by Crippen LogP contribution is -1.99. The molecule has 0 bridgehead atoms. The molecule has 1 aromatic rings. The van der Waals surface area contributed by atoms with E-state index in [2.05, 4.69) is 35.1 Å². The lowest BCUT2D eigenvalue weighted by atomic mass is 10.1. The first-order valence-electron chi connectivity index (χ1n) is 5.77. The third kappa shape index (κ3) is 3.37. The second-order valence-corrected chi connectivity index (χ2v) is 5.33. The summed E-state index contributed by atoms with van der Waals surface area (Å²) in [5.41, 5.74) is 1.36. The van der Waals surface area contributed by atoms with Crippen molar-refractivity contribution < 1.29 is 9.53 Å². The zero-order chi connectivity index (χ0) is 12.1. The van der Waals surface area contributed by atoms with E-state index in [0.29, 0.717) is 11.7 Å². The van der Waals surface area contributed by atoms with Crippen molar-refractivity contribution in [1.82, 2.24) is 0 Å². The summed E-state index contributed by atoms with van der Waals surface area (Å²) in [4.78, 5) is 12.4. The van der Waals surface area contributed by atoms with Crippen LogP contribution in [0, 0.1) is 0 Å². The van der Waals surface area contributed by atoms with Crippen molar-refractivity contribution in [2.45, 2.75) is 24.5 Å². The number of esters is 1. The number of hydrogen-bond donors (Lipinski definition) is 0. The van der Waals surface area contributed by atoms with Gasteiger partial charge in [0.2, 0.25) is 0 Å². The molecule has 1 aliphatic rings. The summed E-state index contributed by atoms with van der Waals surface area (Å²) in [5.74, 6) is -0.130. The number of ether oxygens (including phenoxy) is 1. The molecule has 1 aromatic carbocycles. The van der Waals surface area contributed by atoms with Gasteiger partial charge in [-0.1, -0.05) is 36.4 Å². The molecule has 0 N–H and O–H groups in total. The average molecular weight is 248 g/mol. The van der Waals surface area contributed by atoms with Gasteiger partial charge in [0.05, 0.1) is 13.5 Å². The van der Waals surface area contributed by atoms with Crippen molar-refractivity contribution in [3.8, 4) is 0 Å². The Morgan fingerprint density at radius 2 is 2.18 bits per heavy atom. The van der Waals surface area contributed by atoms with Gasteiger partial charge in [-0.05, 0) is 23.3 Å². The number of carbonyl (C=O) groups excluding carboxylic acids is 1. The molecule has 0 amide bonds. The molecule has 0 saturated carbocycles. The highest BCUT2D eigenvalue weighted by Crippen LogP contribution is 2.45. The predicted octanol–water partition coefficient (Wildman–Crippen LogP) is 3.70. The van der Waals surface area contributed by atoms with Gasteiger partial charge in [0.15, 0.2) is 0 Å². The Bertz CT molecular complexity index is 411. The van der Waals surface area contributed by atoms with Gasteiger partial charge >= 0.3 is 5.97 Å². The lowest BCUT2D eigenvalue weighted by molar-refractivity contribution is -0.140. The van der Waals surface area contributed by atoms with E-state index in [1.807, 2.05) is 17.8 Å². The Morgan fingerprint density at radius 1 is 1.41 bits per heavy atom. The molecule has 17 heavy (non-hydrogen) atoms. The summed E-state index contributed by atoms with van der Waals surface area (Å²) >= 11 is 1.87. The van der Waals surface area contributed by atoms with E-state index < -0.39 is 0 Å². The van der Waals surface area contributed by atoms with Gasteiger partial charge in [0.1, 0.15) is 0 Å². The van der Waals surface area contributed by atoms with E-state index >= 15 is 0 Å². The Balaban J connectivity index is 1.85. The maximum atomic E-state index is 11.1. The third-order valence-electron chi connectivity index (χ3n) is 2.83. The van der Waals surface area contributed by atoms with Crippen molar-refractivity contribution in [2.75, 3.05) is 7.11 Å². The number of thioether (sulfide) groups is 1. The smallest absolute Gasteiger partial charge is 0.305 e. The molecule has 0 saturated heterocycles. The van der Waals surface area contributed by atoms with Crippen molar-refractivity contribution >= 4 is 17.7 Å². The van der Waals surface area contributed by atoms with Gasteiger partial charge < -0.3 is 4.74 Å². The topological polar surface area (TPSA) is 26.3 Å². The molecule has 0 fully saturated rings. The summed E-state index contributed by atoms with van der Waals surface area (Å²) in [6, 6.07) is 10.5. The number of hydrogen-bond acceptors (Lipinski definition) is 3. The quantitative estimate of drug-likeness (QED) is 0.760. The minimum atomic E-state index is -0.130. The minimum absolute atomic E-state index is 0.130. The van der Waals surface area contributed by atoms with Crippen molar-refractivity contribution in [1.29, 1.82) is 0 Å². The zero-order valence-electron chi connectivity index (χ0n) is 9.89. The number of allylic oxidation sites excluding steroid dienone is 2. The highest BCUT2D eigenvalue weighted by atomic mass is 32.2. The largest absolute Gasteiger partial charge is 0.469 e. The first kappa shape index (κ1) is 12.2. The van der Waals surface area contributed by atoms with Crippen LogP contribution >= 0.6 is 11.8 Å². The van der Waals surface area contributed by atoms with Gasteiger partial charge in [-0.3, -0.25) is 4.79 Å². The van der Waals surface area contributed by atoms with E-state index in [1.165, 1.54) is 17.6 Å². The van der Waals surface area contributed by atoms with Crippen LogP contribution in [0.1, 0.15) is 30.1 Å². The molecule has 90 valence electrons. The number of benzene rings is 1. The van der Waals surface area contributed by atoms with Crippen LogP contribution in [-0.4, -0.2) is 13.1 Å². The molecule has 0 aromatic heterocycles. The number of rotatable bonds is 4. The molecule has 2 rings (SSSR count). The van der Waals surface area contributed by atoms with Crippen molar-refractivity contribution in [3.63, 3.8) is 0 Å². The number of carbonyl (C=O) groups is 1. The van der Waals surface area contributed by atoms with Crippen molar-refractivity contribution in [3.05, 3.63) is 46.9 Å². The summed E-state index contributed by atoms with van der Waals surface area (Å²) < 4.78 is 4.65. The third-order valence-corrected chi connectivity index (χ3v) is 4.25.